The van der Waals surface area contributed by atoms with E-state index >= 15 is 0 Å². The third-order valence-electron chi connectivity index (χ3n) is 3.64. The summed E-state index contributed by atoms with van der Waals surface area (Å²) < 4.78 is 2.82. The molecule has 0 unspecified atom stereocenters. The lowest BCUT2D eigenvalue weighted by Crippen LogP contribution is -2.25. The molecular weight excluding hydrogens is 292 g/mol. The van der Waals surface area contributed by atoms with Gasteiger partial charge in [0.05, 0.1) is 0 Å². The molecule has 0 aliphatic heterocycles. The molecule has 0 saturated heterocycles. The van der Waals surface area contributed by atoms with Gasteiger partial charge in [-0.05, 0) is 59.7 Å². The van der Waals surface area contributed by atoms with Gasteiger partial charge in [-0.2, -0.15) is 4.98 Å². The van der Waals surface area contributed by atoms with E-state index in [1.54, 1.807) is 4.52 Å². The summed E-state index contributed by atoms with van der Waals surface area (Å²) in [6, 6.07) is 4.48. The molecule has 0 atom stereocenters. The predicted octanol–water partition coefficient (Wildman–Crippen LogP) is 3.48. The molecule has 0 spiro atoms. The molecule has 96 valence electrons. The third-order valence-corrected chi connectivity index (χ3v) is 4.11. The number of anilines is 1. The van der Waals surface area contributed by atoms with Gasteiger partial charge in [-0.25, -0.2) is 4.52 Å². The summed E-state index contributed by atoms with van der Waals surface area (Å²) in [5.74, 6) is 1.61. The lowest BCUT2D eigenvalue weighted by Gasteiger charge is -2.26. The van der Waals surface area contributed by atoms with Gasteiger partial charge in [-0.1, -0.05) is 6.92 Å². The van der Waals surface area contributed by atoms with Crippen LogP contribution in [0.2, 0.25) is 0 Å². The molecule has 0 amide bonds. The molecule has 2 heterocycles. The number of hydrogen-bond donors (Lipinski definition) is 1. The molecule has 3 rings (SSSR count). The fraction of sp³-hybridized carbons (Fsp3) is 0.538. The van der Waals surface area contributed by atoms with Crippen LogP contribution in [0.15, 0.2) is 22.8 Å². The molecule has 0 aromatic carbocycles. The highest BCUT2D eigenvalue weighted by atomic mass is 79.9. The summed E-state index contributed by atoms with van der Waals surface area (Å²) in [7, 11) is 0. The van der Waals surface area contributed by atoms with Crippen LogP contribution < -0.4 is 5.32 Å². The van der Waals surface area contributed by atoms with Crippen LogP contribution in [0.25, 0.3) is 5.65 Å². The Morgan fingerprint density at radius 1 is 1.28 bits per heavy atom. The number of rotatable bonds is 2. The Morgan fingerprint density at radius 2 is 2.06 bits per heavy atom. The average molecular weight is 309 g/mol. The maximum atomic E-state index is 4.49. The maximum Gasteiger partial charge on any atom is 0.243 e. The van der Waals surface area contributed by atoms with E-state index in [9.17, 15) is 0 Å². The number of halogens is 1. The molecule has 1 saturated carbocycles. The summed E-state index contributed by atoms with van der Waals surface area (Å²) in [4.78, 5) is 4.49. The van der Waals surface area contributed by atoms with Gasteiger partial charge >= 0.3 is 0 Å². The second-order valence-corrected chi connectivity index (χ2v) is 6.10. The zero-order valence-electron chi connectivity index (χ0n) is 10.4. The van der Waals surface area contributed by atoms with Crippen molar-refractivity contribution in [2.75, 3.05) is 5.32 Å². The summed E-state index contributed by atoms with van der Waals surface area (Å²) in [5.41, 5.74) is 0.880. The second kappa shape index (κ2) is 4.88. The topological polar surface area (TPSA) is 42.2 Å². The monoisotopic (exact) mass is 308 g/mol. The Labute approximate surface area is 115 Å². The molecule has 1 fully saturated rings. The molecular formula is C13H17BrN4. The summed E-state index contributed by atoms with van der Waals surface area (Å²) >= 11 is 3.44. The summed E-state index contributed by atoms with van der Waals surface area (Å²) in [5, 5.41) is 7.90. The fourth-order valence-electron chi connectivity index (χ4n) is 2.51. The zero-order chi connectivity index (χ0) is 12.5. The number of nitrogens with one attached hydrogen (secondary N) is 1. The highest BCUT2D eigenvalue weighted by Crippen LogP contribution is 2.25. The molecule has 5 heteroatoms. The van der Waals surface area contributed by atoms with E-state index in [0.29, 0.717) is 6.04 Å². The maximum absolute atomic E-state index is 4.49. The van der Waals surface area contributed by atoms with E-state index in [-0.39, 0.29) is 0 Å². The first-order chi connectivity index (χ1) is 8.70. The molecule has 0 bridgehead atoms. The standard InChI is InChI=1S/C13H17BrN4/c1-9-2-5-11(6-3-9)15-13-16-12-7-4-10(14)8-18(12)17-13/h4,7-9,11H,2-3,5-6H2,1H3,(H,15,17). The normalized spacial score (nSPS) is 24.3. The van der Waals surface area contributed by atoms with Crippen molar-refractivity contribution in [1.82, 2.24) is 14.6 Å². The van der Waals surface area contributed by atoms with Crippen LogP contribution in [0.5, 0.6) is 0 Å². The van der Waals surface area contributed by atoms with Crippen molar-refractivity contribution in [2.45, 2.75) is 38.6 Å². The number of fused-ring (bicyclic) bond motifs is 1. The van der Waals surface area contributed by atoms with Crippen molar-refractivity contribution in [3.05, 3.63) is 22.8 Å². The Hall–Kier alpha value is -1.10. The minimum Gasteiger partial charge on any atom is -0.350 e. The van der Waals surface area contributed by atoms with E-state index in [0.717, 1.165) is 22.0 Å². The minimum absolute atomic E-state index is 0.530. The Balaban J connectivity index is 1.74. The summed E-state index contributed by atoms with van der Waals surface area (Å²) in [6.45, 7) is 2.33. The van der Waals surface area contributed by atoms with Crippen molar-refractivity contribution in [2.24, 2.45) is 5.92 Å². The smallest absolute Gasteiger partial charge is 0.243 e. The van der Waals surface area contributed by atoms with Crippen LogP contribution in [0.3, 0.4) is 0 Å². The molecule has 4 nitrogen and oxygen atoms in total. The fourth-order valence-corrected chi connectivity index (χ4v) is 2.83. The molecule has 1 aliphatic carbocycles. The quantitative estimate of drug-likeness (QED) is 0.923. The van der Waals surface area contributed by atoms with Crippen LogP contribution in [-0.4, -0.2) is 20.6 Å². The number of hydrogen-bond acceptors (Lipinski definition) is 3. The van der Waals surface area contributed by atoms with E-state index in [1.165, 1.54) is 25.7 Å². The number of pyridine rings is 1. The van der Waals surface area contributed by atoms with Crippen LogP contribution >= 0.6 is 15.9 Å². The van der Waals surface area contributed by atoms with Crippen molar-refractivity contribution in [3.63, 3.8) is 0 Å². The Bertz CT molecular complexity index is 543. The van der Waals surface area contributed by atoms with E-state index in [4.69, 9.17) is 0 Å². The lowest BCUT2D eigenvalue weighted by molar-refractivity contribution is 0.360. The third kappa shape index (κ3) is 2.51. The largest absolute Gasteiger partial charge is 0.350 e. The van der Waals surface area contributed by atoms with Gasteiger partial charge < -0.3 is 5.32 Å². The Morgan fingerprint density at radius 3 is 2.83 bits per heavy atom. The average Bonchev–Trinajstić information content (AvgIpc) is 2.73. The van der Waals surface area contributed by atoms with E-state index in [2.05, 4.69) is 38.3 Å². The van der Waals surface area contributed by atoms with Gasteiger partial charge in [-0.3, -0.25) is 0 Å². The molecule has 1 aliphatic rings. The van der Waals surface area contributed by atoms with Gasteiger partial charge in [-0.15, -0.1) is 5.10 Å². The zero-order valence-corrected chi connectivity index (χ0v) is 12.0. The molecule has 0 radical (unpaired) electrons. The van der Waals surface area contributed by atoms with Crippen molar-refractivity contribution < 1.29 is 0 Å². The van der Waals surface area contributed by atoms with Gasteiger partial charge in [0.15, 0.2) is 5.65 Å². The molecule has 2 aromatic heterocycles. The van der Waals surface area contributed by atoms with Crippen LogP contribution in [-0.2, 0) is 0 Å². The van der Waals surface area contributed by atoms with E-state index in [1.807, 2.05) is 18.3 Å². The minimum atomic E-state index is 0.530. The highest BCUT2D eigenvalue weighted by Gasteiger charge is 2.19. The first-order valence-electron chi connectivity index (χ1n) is 6.49. The SMILES string of the molecule is CC1CCC(Nc2nc3ccc(Br)cn3n2)CC1. The second-order valence-electron chi connectivity index (χ2n) is 5.19. The lowest BCUT2D eigenvalue weighted by atomic mass is 9.87. The van der Waals surface area contributed by atoms with Gasteiger partial charge in [0.1, 0.15) is 0 Å². The molecule has 1 N–H and O–H groups in total. The Kier molecular flexibility index (Phi) is 3.24. The van der Waals surface area contributed by atoms with Crippen LogP contribution in [0.4, 0.5) is 5.95 Å². The van der Waals surface area contributed by atoms with Gasteiger partial charge in [0, 0.05) is 16.7 Å². The van der Waals surface area contributed by atoms with Gasteiger partial charge in [0.2, 0.25) is 5.95 Å². The predicted molar refractivity (Wildman–Crippen MR) is 75.7 cm³/mol. The van der Waals surface area contributed by atoms with Crippen LogP contribution in [0.1, 0.15) is 32.6 Å². The highest BCUT2D eigenvalue weighted by molar-refractivity contribution is 9.10. The van der Waals surface area contributed by atoms with Crippen molar-refractivity contribution in [3.8, 4) is 0 Å². The first-order valence-corrected chi connectivity index (χ1v) is 7.28. The molecule has 18 heavy (non-hydrogen) atoms. The number of aromatic nitrogens is 3. The van der Waals surface area contributed by atoms with Crippen molar-refractivity contribution >= 4 is 27.5 Å². The molecule has 2 aromatic rings. The van der Waals surface area contributed by atoms with Gasteiger partial charge in [0.25, 0.3) is 0 Å². The number of nitrogens with zero attached hydrogens (tertiary/aromatic N) is 3. The van der Waals surface area contributed by atoms with Crippen LogP contribution in [0, 0.1) is 5.92 Å². The summed E-state index contributed by atoms with van der Waals surface area (Å²) in [6.07, 6.45) is 6.98. The first kappa shape index (κ1) is 12.0. The van der Waals surface area contributed by atoms with Crippen molar-refractivity contribution in [1.29, 1.82) is 0 Å². The van der Waals surface area contributed by atoms with E-state index < -0.39 is 0 Å².